The van der Waals surface area contributed by atoms with Crippen LogP contribution < -0.4 is 0 Å². The fourth-order valence-corrected chi connectivity index (χ4v) is 3.19. The minimum Gasteiger partial charge on any atom is -0.493 e. The average molecular weight is 329 g/mol. The van der Waals surface area contributed by atoms with Crippen molar-refractivity contribution in [3.8, 4) is 5.88 Å². The Morgan fingerprint density at radius 3 is 2.86 bits per heavy atom. The second-order valence-electron chi connectivity index (χ2n) is 4.68. The normalized spacial score (nSPS) is 11.9. The van der Waals surface area contributed by atoms with Gasteiger partial charge in [-0.2, -0.15) is 0 Å². The van der Waals surface area contributed by atoms with E-state index in [1.165, 1.54) is 11.3 Å². The van der Waals surface area contributed by atoms with E-state index in [9.17, 15) is 5.11 Å². The number of aromatic hydroxyl groups is 1. The first-order valence-corrected chi connectivity index (χ1v) is 7.68. The van der Waals surface area contributed by atoms with Crippen molar-refractivity contribution in [2.75, 3.05) is 0 Å². The Labute approximate surface area is 133 Å². The molecule has 0 spiro atoms. The largest absolute Gasteiger partial charge is 0.493 e. The number of nitrogens with zero attached hydrogens (tertiary/aromatic N) is 3. The summed E-state index contributed by atoms with van der Waals surface area (Å²) in [7, 11) is 0. The topological polar surface area (TPSA) is 73.6 Å². The number of aromatic amines is 1. The SMILES string of the molecule is Oc1[nH]c2ccc(Cl)cc2c1N=Nc1nc2ccccc2s1. The van der Waals surface area contributed by atoms with Gasteiger partial charge >= 0.3 is 0 Å². The molecule has 0 aliphatic carbocycles. The number of azo groups is 1. The summed E-state index contributed by atoms with van der Waals surface area (Å²) in [6.45, 7) is 0. The van der Waals surface area contributed by atoms with E-state index in [2.05, 4.69) is 20.2 Å². The summed E-state index contributed by atoms with van der Waals surface area (Å²) in [6.07, 6.45) is 0. The zero-order chi connectivity index (χ0) is 15.1. The predicted molar refractivity (Wildman–Crippen MR) is 88.8 cm³/mol. The zero-order valence-corrected chi connectivity index (χ0v) is 12.7. The lowest BCUT2D eigenvalue weighted by Crippen LogP contribution is -1.67. The average Bonchev–Trinajstić information content (AvgIpc) is 3.05. The van der Waals surface area contributed by atoms with Crippen molar-refractivity contribution < 1.29 is 5.11 Å². The first-order valence-electron chi connectivity index (χ1n) is 6.48. The number of thiazole rings is 1. The molecule has 0 bridgehead atoms. The molecular weight excluding hydrogens is 320 g/mol. The van der Waals surface area contributed by atoms with Crippen LogP contribution in [0.2, 0.25) is 5.02 Å². The number of fused-ring (bicyclic) bond motifs is 2. The van der Waals surface area contributed by atoms with Crippen LogP contribution in [-0.2, 0) is 0 Å². The molecule has 2 heterocycles. The molecule has 0 unspecified atom stereocenters. The van der Waals surface area contributed by atoms with Crippen molar-refractivity contribution >= 4 is 54.9 Å². The predicted octanol–water partition coefficient (Wildman–Crippen LogP) is 5.55. The summed E-state index contributed by atoms with van der Waals surface area (Å²) < 4.78 is 1.04. The Hall–Kier alpha value is -2.44. The van der Waals surface area contributed by atoms with Gasteiger partial charge in [0.25, 0.3) is 0 Å². The van der Waals surface area contributed by atoms with Crippen LogP contribution in [0.25, 0.3) is 21.1 Å². The van der Waals surface area contributed by atoms with Crippen LogP contribution in [0.3, 0.4) is 0 Å². The summed E-state index contributed by atoms with van der Waals surface area (Å²) in [5, 5.41) is 20.1. The van der Waals surface area contributed by atoms with E-state index in [4.69, 9.17) is 11.6 Å². The molecule has 0 aliphatic rings. The van der Waals surface area contributed by atoms with Crippen molar-refractivity contribution in [3.63, 3.8) is 0 Å². The van der Waals surface area contributed by atoms with Gasteiger partial charge < -0.3 is 10.1 Å². The van der Waals surface area contributed by atoms with Crippen molar-refractivity contribution in [1.82, 2.24) is 9.97 Å². The molecule has 2 aromatic heterocycles. The Morgan fingerprint density at radius 1 is 1.14 bits per heavy atom. The third-order valence-corrected chi connectivity index (χ3v) is 4.39. The number of hydrogen-bond acceptors (Lipinski definition) is 5. The molecule has 0 fully saturated rings. The van der Waals surface area contributed by atoms with Gasteiger partial charge in [-0.25, -0.2) is 4.98 Å². The molecule has 0 radical (unpaired) electrons. The van der Waals surface area contributed by atoms with E-state index >= 15 is 0 Å². The van der Waals surface area contributed by atoms with E-state index in [0.29, 0.717) is 15.8 Å². The van der Waals surface area contributed by atoms with E-state index in [1.54, 1.807) is 18.2 Å². The van der Waals surface area contributed by atoms with E-state index < -0.39 is 0 Å². The Bertz CT molecular complexity index is 988. The molecule has 0 amide bonds. The van der Waals surface area contributed by atoms with E-state index in [-0.39, 0.29) is 5.88 Å². The van der Waals surface area contributed by atoms with Gasteiger partial charge in [-0.05, 0) is 30.3 Å². The number of hydrogen-bond donors (Lipinski definition) is 2. The van der Waals surface area contributed by atoms with Gasteiger partial charge in [0.1, 0.15) is 0 Å². The van der Waals surface area contributed by atoms with Gasteiger partial charge in [0.2, 0.25) is 11.0 Å². The van der Waals surface area contributed by atoms with E-state index in [1.807, 2.05) is 24.3 Å². The first-order chi connectivity index (χ1) is 10.7. The van der Waals surface area contributed by atoms with Crippen LogP contribution in [0.15, 0.2) is 52.7 Å². The molecule has 108 valence electrons. The number of aromatic nitrogens is 2. The minimum atomic E-state index is -0.0397. The van der Waals surface area contributed by atoms with Crippen LogP contribution in [0.4, 0.5) is 10.8 Å². The zero-order valence-electron chi connectivity index (χ0n) is 11.1. The lowest BCUT2D eigenvalue weighted by Gasteiger charge is -1.92. The highest BCUT2D eigenvalue weighted by molar-refractivity contribution is 7.21. The van der Waals surface area contributed by atoms with Crippen LogP contribution >= 0.6 is 22.9 Å². The number of para-hydroxylation sites is 1. The maximum Gasteiger partial charge on any atom is 0.231 e. The van der Waals surface area contributed by atoms with Crippen LogP contribution in [0.1, 0.15) is 0 Å². The Kier molecular flexibility index (Phi) is 3.06. The van der Waals surface area contributed by atoms with Gasteiger partial charge in [0, 0.05) is 10.4 Å². The van der Waals surface area contributed by atoms with Crippen molar-refractivity contribution in [2.24, 2.45) is 10.2 Å². The molecular formula is C15H9ClN4OS. The smallest absolute Gasteiger partial charge is 0.231 e. The highest BCUT2D eigenvalue weighted by Gasteiger charge is 2.11. The van der Waals surface area contributed by atoms with Crippen molar-refractivity contribution in [1.29, 1.82) is 0 Å². The van der Waals surface area contributed by atoms with Gasteiger partial charge in [-0.1, -0.05) is 35.1 Å². The van der Waals surface area contributed by atoms with Gasteiger partial charge in [0.05, 0.1) is 15.7 Å². The molecule has 2 N–H and O–H groups in total. The summed E-state index contributed by atoms with van der Waals surface area (Å²) in [5.41, 5.74) is 1.99. The molecule has 0 aliphatic heterocycles. The molecule has 22 heavy (non-hydrogen) atoms. The summed E-state index contributed by atoms with van der Waals surface area (Å²) >= 11 is 7.44. The van der Waals surface area contributed by atoms with Crippen molar-refractivity contribution in [3.05, 3.63) is 47.5 Å². The van der Waals surface area contributed by atoms with Crippen LogP contribution in [0, 0.1) is 0 Å². The maximum atomic E-state index is 9.97. The molecule has 4 aromatic rings. The number of halogens is 1. The van der Waals surface area contributed by atoms with Crippen molar-refractivity contribution in [2.45, 2.75) is 0 Å². The second kappa shape index (κ2) is 5.08. The number of H-pyrrole nitrogens is 1. The van der Waals surface area contributed by atoms with Crippen LogP contribution in [-0.4, -0.2) is 15.1 Å². The lowest BCUT2D eigenvalue weighted by atomic mass is 10.2. The van der Waals surface area contributed by atoms with Gasteiger partial charge in [-0.3, -0.25) is 0 Å². The minimum absolute atomic E-state index is 0.0397. The summed E-state index contributed by atoms with van der Waals surface area (Å²) in [4.78, 5) is 7.22. The lowest BCUT2D eigenvalue weighted by molar-refractivity contribution is 0.459. The molecule has 2 aromatic carbocycles. The third-order valence-electron chi connectivity index (χ3n) is 3.23. The first kappa shape index (κ1) is 13.2. The summed E-state index contributed by atoms with van der Waals surface area (Å²) in [6, 6.07) is 13.1. The highest BCUT2D eigenvalue weighted by Crippen LogP contribution is 2.38. The molecule has 4 rings (SSSR count). The van der Waals surface area contributed by atoms with Gasteiger partial charge in [0.15, 0.2) is 5.69 Å². The number of benzene rings is 2. The Morgan fingerprint density at radius 2 is 2.00 bits per heavy atom. The molecule has 0 saturated heterocycles. The molecule has 0 atom stereocenters. The molecule has 5 nitrogen and oxygen atoms in total. The van der Waals surface area contributed by atoms with Gasteiger partial charge in [-0.15, -0.1) is 10.2 Å². The number of rotatable bonds is 2. The number of nitrogens with one attached hydrogen (secondary N) is 1. The monoisotopic (exact) mass is 328 g/mol. The fourth-order valence-electron chi connectivity index (χ4n) is 2.23. The Balaban J connectivity index is 1.79. The molecule has 0 saturated carbocycles. The highest BCUT2D eigenvalue weighted by atomic mass is 35.5. The van der Waals surface area contributed by atoms with Crippen LogP contribution in [0.5, 0.6) is 5.88 Å². The standard InChI is InChI=1S/C15H9ClN4OS/c16-8-5-6-10-9(7-8)13(14(21)17-10)19-20-15-18-11-3-1-2-4-12(11)22-15/h1-7,17,21H. The fraction of sp³-hybridized carbons (Fsp3) is 0. The maximum absolute atomic E-state index is 9.97. The van der Waals surface area contributed by atoms with E-state index in [0.717, 1.165) is 21.1 Å². The summed E-state index contributed by atoms with van der Waals surface area (Å²) in [5.74, 6) is -0.0397. The quantitative estimate of drug-likeness (QED) is 0.473. The molecule has 7 heteroatoms. The second-order valence-corrected chi connectivity index (χ2v) is 6.12. The third kappa shape index (κ3) is 2.22.